The number of rotatable bonds is 5. The number of carbonyl (C=O) groups excluding carboxylic acids is 2. The SMILES string of the molecule is CCNCC(C)C(=O)N1CCC(C(=O)N(C)C)CC1. The summed E-state index contributed by atoms with van der Waals surface area (Å²) in [6, 6.07) is 0. The lowest BCUT2D eigenvalue weighted by molar-refractivity contribution is -0.141. The highest BCUT2D eigenvalue weighted by Crippen LogP contribution is 2.20. The van der Waals surface area contributed by atoms with Crippen LogP contribution in [0, 0.1) is 11.8 Å². The molecule has 1 fully saturated rings. The average Bonchev–Trinajstić information content (AvgIpc) is 2.43. The molecule has 1 unspecified atom stereocenters. The summed E-state index contributed by atoms with van der Waals surface area (Å²) in [7, 11) is 3.58. The second kappa shape index (κ2) is 7.48. The fourth-order valence-electron chi connectivity index (χ4n) is 2.47. The minimum atomic E-state index is 0.0149. The van der Waals surface area contributed by atoms with Crippen molar-refractivity contribution in [2.45, 2.75) is 26.7 Å². The highest BCUT2D eigenvalue weighted by molar-refractivity contribution is 5.80. The third-order valence-electron chi connectivity index (χ3n) is 3.72. The van der Waals surface area contributed by atoms with Gasteiger partial charge in [-0.25, -0.2) is 0 Å². The van der Waals surface area contributed by atoms with Gasteiger partial charge in [-0.15, -0.1) is 0 Å². The Morgan fingerprint density at radius 3 is 2.37 bits per heavy atom. The average molecular weight is 269 g/mol. The van der Waals surface area contributed by atoms with Crippen LogP contribution in [-0.2, 0) is 9.59 Å². The van der Waals surface area contributed by atoms with Crippen molar-refractivity contribution in [1.29, 1.82) is 0 Å². The van der Waals surface area contributed by atoms with Crippen LogP contribution in [0.4, 0.5) is 0 Å². The summed E-state index contributed by atoms with van der Waals surface area (Å²) in [5.74, 6) is 0.494. The first-order chi connectivity index (χ1) is 8.97. The molecule has 0 spiro atoms. The maximum atomic E-state index is 12.2. The lowest BCUT2D eigenvalue weighted by Crippen LogP contribution is -2.45. The molecule has 1 atom stereocenters. The molecule has 1 heterocycles. The van der Waals surface area contributed by atoms with E-state index in [1.807, 2.05) is 18.7 Å². The number of hydrogen-bond donors (Lipinski definition) is 1. The Morgan fingerprint density at radius 1 is 1.32 bits per heavy atom. The number of carbonyl (C=O) groups is 2. The molecule has 0 bridgehead atoms. The molecule has 0 aromatic carbocycles. The minimum absolute atomic E-state index is 0.0149. The topological polar surface area (TPSA) is 52.7 Å². The molecule has 110 valence electrons. The first-order valence-electron chi connectivity index (χ1n) is 7.18. The second-order valence-electron chi connectivity index (χ2n) is 5.54. The zero-order valence-electron chi connectivity index (χ0n) is 12.6. The minimum Gasteiger partial charge on any atom is -0.349 e. The highest BCUT2D eigenvalue weighted by atomic mass is 16.2. The van der Waals surface area contributed by atoms with Crippen molar-refractivity contribution in [3.8, 4) is 0 Å². The molecule has 1 saturated heterocycles. The summed E-state index contributed by atoms with van der Waals surface area (Å²) in [6.07, 6.45) is 1.58. The van der Waals surface area contributed by atoms with Gasteiger partial charge >= 0.3 is 0 Å². The maximum Gasteiger partial charge on any atom is 0.226 e. The van der Waals surface area contributed by atoms with Crippen LogP contribution >= 0.6 is 0 Å². The quantitative estimate of drug-likeness (QED) is 0.793. The van der Waals surface area contributed by atoms with Gasteiger partial charge in [-0.1, -0.05) is 13.8 Å². The molecule has 0 aromatic heterocycles. The molecule has 0 radical (unpaired) electrons. The van der Waals surface area contributed by atoms with Crippen LogP contribution in [0.25, 0.3) is 0 Å². The maximum absolute atomic E-state index is 12.2. The molecule has 0 saturated carbocycles. The molecule has 1 N–H and O–H groups in total. The van der Waals surface area contributed by atoms with E-state index in [-0.39, 0.29) is 23.7 Å². The Kier molecular flexibility index (Phi) is 6.28. The van der Waals surface area contributed by atoms with Gasteiger partial charge in [-0.3, -0.25) is 9.59 Å². The van der Waals surface area contributed by atoms with Crippen LogP contribution in [0.15, 0.2) is 0 Å². The van der Waals surface area contributed by atoms with E-state index in [0.29, 0.717) is 13.1 Å². The largest absolute Gasteiger partial charge is 0.349 e. The smallest absolute Gasteiger partial charge is 0.226 e. The first kappa shape index (κ1) is 16.0. The summed E-state index contributed by atoms with van der Waals surface area (Å²) >= 11 is 0. The number of nitrogens with zero attached hydrogens (tertiary/aromatic N) is 2. The van der Waals surface area contributed by atoms with Crippen molar-refractivity contribution in [2.75, 3.05) is 40.3 Å². The fourth-order valence-corrected chi connectivity index (χ4v) is 2.47. The van der Waals surface area contributed by atoms with Crippen molar-refractivity contribution < 1.29 is 9.59 Å². The Hall–Kier alpha value is -1.10. The Bertz CT molecular complexity index is 310. The Morgan fingerprint density at radius 2 is 1.89 bits per heavy atom. The van der Waals surface area contributed by atoms with Crippen LogP contribution in [0.5, 0.6) is 0 Å². The summed E-state index contributed by atoms with van der Waals surface area (Å²) < 4.78 is 0. The monoisotopic (exact) mass is 269 g/mol. The van der Waals surface area contributed by atoms with Crippen molar-refractivity contribution in [2.24, 2.45) is 11.8 Å². The number of hydrogen-bond acceptors (Lipinski definition) is 3. The van der Waals surface area contributed by atoms with Crippen molar-refractivity contribution in [1.82, 2.24) is 15.1 Å². The van der Waals surface area contributed by atoms with Gasteiger partial charge in [0.15, 0.2) is 0 Å². The first-order valence-corrected chi connectivity index (χ1v) is 7.18. The van der Waals surface area contributed by atoms with Gasteiger partial charge in [0.2, 0.25) is 11.8 Å². The van der Waals surface area contributed by atoms with Gasteiger partial charge in [0.05, 0.1) is 0 Å². The zero-order valence-corrected chi connectivity index (χ0v) is 12.6. The Labute approximate surface area is 116 Å². The van der Waals surface area contributed by atoms with Crippen molar-refractivity contribution >= 4 is 11.8 Å². The molecular weight excluding hydrogens is 242 g/mol. The summed E-state index contributed by atoms with van der Waals surface area (Å²) in [5.41, 5.74) is 0. The molecule has 19 heavy (non-hydrogen) atoms. The van der Waals surface area contributed by atoms with E-state index >= 15 is 0 Å². The van der Waals surface area contributed by atoms with Gasteiger partial charge in [-0.05, 0) is 19.4 Å². The zero-order chi connectivity index (χ0) is 14.4. The highest BCUT2D eigenvalue weighted by Gasteiger charge is 2.29. The van der Waals surface area contributed by atoms with Crippen LogP contribution in [0.1, 0.15) is 26.7 Å². The van der Waals surface area contributed by atoms with E-state index in [4.69, 9.17) is 0 Å². The molecule has 1 aliphatic heterocycles. The van der Waals surface area contributed by atoms with E-state index in [2.05, 4.69) is 5.32 Å². The second-order valence-corrected chi connectivity index (χ2v) is 5.54. The third-order valence-corrected chi connectivity index (χ3v) is 3.72. The number of piperidine rings is 1. The van der Waals surface area contributed by atoms with E-state index in [0.717, 1.165) is 25.9 Å². The number of amides is 2. The molecule has 2 amide bonds. The fraction of sp³-hybridized carbons (Fsp3) is 0.857. The number of nitrogens with one attached hydrogen (secondary N) is 1. The van der Waals surface area contributed by atoms with Crippen molar-refractivity contribution in [3.63, 3.8) is 0 Å². The standard InChI is InChI=1S/C14H27N3O2/c1-5-15-10-11(2)13(18)17-8-6-12(7-9-17)14(19)16(3)4/h11-12,15H,5-10H2,1-4H3. The summed E-state index contributed by atoms with van der Waals surface area (Å²) in [4.78, 5) is 27.6. The van der Waals surface area contributed by atoms with E-state index < -0.39 is 0 Å². The van der Waals surface area contributed by atoms with Crippen LogP contribution in [0.2, 0.25) is 0 Å². The summed E-state index contributed by atoms with van der Waals surface area (Å²) in [5, 5.41) is 3.20. The molecule has 5 nitrogen and oxygen atoms in total. The third kappa shape index (κ3) is 4.49. The van der Waals surface area contributed by atoms with Crippen LogP contribution in [-0.4, -0.2) is 61.9 Å². The predicted molar refractivity (Wildman–Crippen MR) is 75.7 cm³/mol. The van der Waals surface area contributed by atoms with Crippen molar-refractivity contribution in [3.05, 3.63) is 0 Å². The van der Waals surface area contributed by atoms with Gasteiger partial charge in [-0.2, -0.15) is 0 Å². The molecule has 1 rings (SSSR count). The normalized spacial score (nSPS) is 18.2. The molecule has 0 aromatic rings. The number of likely N-dealkylation sites (tertiary alicyclic amines) is 1. The van der Waals surface area contributed by atoms with Gasteiger partial charge in [0, 0.05) is 45.6 Å². The van der Waals surface area contributed by atoms with Crippen LogP contribution in [0.3, 0.4) is 0 Å². The lowest BCUT2D eigenvalue weighted by atomic mass is 9.94. The summed E-state index contributed by atoms with van der Waals surface area (Å²) in [6.45, 7) is 7.03. The molecule has 5 heteroatoms. The van der Waals surface area contributed by atoms with E-state index in [1.54, 1.807) is 19.0 Å². The molecule has 1 aliphatic rings. The van der Waals surface area contributed by atoms with Gasteiger partial charge in [0.1, 0.15) is 0 Å². The Balaban J connectivity index is 2.41. The molecular formula is C14H27N3O2. The molecule has 0 aliphatic carbocycles. The van der Waals surface area contributed by atoms with Gasteiger partial charge in [0.25, 0.3) is 0 Å². The van der Waals surface area contributed by atoms with Crippen LogP contribution < -0.4 is 5.32 Å². The van der Waals surface area contributed by atoms with E-state index in [9.17, 15) is 9.59 Å². The predicted octanol–water partition coefficient (Wildman–Crippen LogP) is 0.559. The lowest BCUT2D eigenvalue weighted by Gasteiger charge is -2.34. The van der Waals surface area contributed by atoms with E-state index in [1.165, 1.54) is 0 Å². The van der Waals surface area contributed by atoms with Gasteiger partial charge < -0.3 is 15.1 Å².